The molecule has 0 radical (unpaired) electrons. The number of amides is 1. The van der Waals surface area contributed by atoms with Gasteiger partial charge in [-0.25, -0.2) is 0 Å². The first-order valence-electron chi connectivity index (χ1n) is 8.01. The Morgan fingerprint density at radius 3 is 2.95 bits per heavy atom. The lowest BCUT2D eigenvalue weighted by Crippen LogP contribution is -2.33. The zero-order valence-electron chi connectivity index (χ0n) is 13.2. The number of nitrogens with zero attached hydrogens (tertiary/aromatic N) is 2. The molecule has 0 bridgehead atoms. The van der Waals surface area contributed by atoms with E-state index in [2.05, 4.69) is 24.9 Å². The van der Waals surface area contributed by atoms with Crippen molar-refractivity contribution < 1.29 is 4.79 Å². The summed E-state index contributed by atoms with van der Waals surface area (Å²) < 4.78 is 0. The average molecular weight is 289 g/mol. The molecule has 2 N–H and O–H groups in total. The first-order chi connectivity index (χ1) is 10.1. The van der Waals surface area contributed by atoms with E-state index in [1.807, 2.05) is 17.2 Å². The minimum atomic E-state index is 0.198. The second kappa shape index (κ2) is 7.55. The number of carbonyl (C=O) groups excluding carboxylic acids is 1. The van der Waals surface area contributed by atoms with Gasteiger partial charge < -0.3 is 10.6 Å². The van der Waals surface area contributed by atoms with Crippen LogP contribution < -0.4 is 5.73 Å². The van der Waals surface area contributed by atoms with Crippen LogP contribution in [0, 0.1) is 11.8 Å². The molecule has 0 saturated carbocycles. The lowest BCUT2D eigenvalue weighted by Gasteiger charge is -2.27. The van der Waals surface area contributed by atoms with Crippen molar-refractivity contribution in [3.63, 3.8) is 0 Å². The van der Waals surface area contributed by atoms with Gasteiger partial charge in [0.1, 0.15) is 0 Å². The van der Waals surface area contributed by atoms with Crippen molar-refractivity contribution >= 4 is 5.91 Å². The van der Waals surface area contributed by atoms with Gasteiger partial charge in [-0.05, 0) is 49.3 Å². The van der Waals surface area contributed by atoms with E-state index >= 15 is 0 Å². The van der Waals surface area contributed by atoms with E-state index in [-0.39, 0.29) is 11.9 Å². The molecule has 1 fully saturated rings. The van der Waals surface area contributed by atoms with Crippen LogP contribution in [0.5, 0.6) is 0 Å². The number of pyridine rings is 1. The molecule has 2 unspecified atom stereocenters. The summed E-state index contributed by atoms with van der Waals surface area (Å²) in [7, 11) is 0. The number of hydrogen-bond acceptors (Lipinski definition) is 3. The van der Waals surface area contributed by atoms with Crippen molar-refractivity contribution in [3.05, 3.63) is 30.1 Å². The van der Waals surface area contributed by atoms with Gasteiger partial charge in [0, 0.05) is 25.4 Å². The third-order valence-corrected chi connectivity index (χ3v) is 4.24. The maximum absolute atomic E-state index is 12.6. The molecule has 0 aliphatic carbocycles. The van der Waals surface area contributed by atoms with Crippen LogP contribution in [0.4, 0.5) is 0 Å². The number of hydrogen-bond donors (Lipinski definition) is 1. The number of rotatable bonds is 6. The fraction of sp³-hybridized carbons (Fsp3) is 0.647. The molecule has 116 valence electrons. The molecule has 0 aromatic carbocycles. The molecule has 1 aromatic rings. The Morgan fingerprint density at radius 2 is 2.33 bits per heavy atom. The fourth-order valence-electron chi connectivity index (χ4n) is 3.28. The highest BCUT2D eigenvalue weighted by atomic mass is 16.2. The Bertz CT molecular complexity index is 447. The molecular formula is C17H27N3O. The number of aromatic nitrogens is 1. The summed E-state index contributed by atoms with van der Waals surface area (Å²) in [5.74, 6) is 1.13. The Balaban J connectivity index is 2.00. The maximum atomic E-state index is 12.6. The van der Waals surface area contributed by atoms with E-state index in [1.54, 1.807) is 6.20 Å². The molecule has 1 aliphatic rings. The maximum Gasteiger partial charge on any atom is 0.223 e. The molecule has 1 saturated heterocycles. The van der Waals surface area contributed by atoms with Gasteiger partial charge in [0.2, 0.25) is 5.91 Å². The van der Waals surface area contributed by atoms with Crippen molar-refractivity contribution in [1.29, 1.82) is 0 Å². The average Bonchev–Trinajstić information content (AvgIpc) is 2.96. The second-order valence-electron chi connectivity index (χ2n) is 6.47. The van der Waals surface area contributed by atoms with Crippen LogP contribution in [-0.4, -0.2) is 28.9 Å². The van der Waals surface area contributed by atoms with Crippen LogP contribution in [0.2, 0.25) is 0 Å². The van der Waals surface area contributed by atoms with E-state index in [4.69, 9.17) is 5.73 Å². The van der Waals surface area contributed by atoms with Crippen LogP contribution in [0.3, 0.4) is 0 Å². The molecule has 1 amide bonds. The Labute approximate surface area is 127 Å². The third-order valence-electron chi connectivity index (χ3n) is 4.24. The molecule has 1 aromatic heterocycles. The van der Waals surface area contributed by atoms with Gasteiger partial charge in [0.05, 0.1) is 6.04 Å². The zero-order valence-corrected chi connectivity index (χ0v) is 13.2. The molecule has 2 atom stereocenters. The predicted molar refractivity (Wildman–Crippen MR) is 84.5 cm³/mol. The minimum absolute atomic E-state index is 0.198. The third kappa shape index (κ3) is 4.27. The molecular weight excluding hydrogens is 262 g/mol. The van der Waals surface area contributed by atoms with Crippen LogP contribution in [-0.2, 0) is 4.79 Å². The standard InChI is InChI=1S/C17H27N3O/c1-13(2)9-14(11-18)10-17(21)20-8-4-6-16(20)15-5-3-7-19-12-15/h3,5,7,12-14,16H,4,6,8-11,18H2,1-2H3. The normalized spacial score (nSPS) is 20.0. The number of likely N-dealkylation sites (tertiary alicyclic amines) is 1. The molecule has 1 aliphatic heterocycles. The largest absolute Gasteiger partial charge is 0.336 e. The van der Waals surface area contributed by atoms with Gasteiger partial charge in [0.15, 0.2) is 0 Å². The summed E-state index contributed by atoms with van der Waals surface area (Å²) >= 11 is 0. The van der Waals surface area contributed by atoms with Gasteiger partial charge in [-0.15, -0.1) is 0 Å². The summed E-state index contributed by atoms with van der Waals surface area (Å²) in [5, 5.41) is 0. The smallest absolute Gasteiger partial charge is 0.223 e. The Morgan fingerprint density at radius 1 is 1.52 bits per heavy atom. The zero-order chi connectivity index (χ0) is 15.2. The first kappa shape index (κ1) is 16.0. The number of nitrogens with two attached hydrogens (primary N) is 1. The lowest BCUT2D eigenvalue weighted by molar-refractivity contribution is -0.133. The van der Waals surface area contributed by atoms with E-state index in [1.165, 1.54) is 0 Å². The van der Waals surface area contributed by atoms with Gasteiger partial charge in [-0.2, -0.15) is 0 Å². The summed E-state index contributed by atoms with van der Waals surface area (Å²) in [4.78, 5) is 18.8. The van der Waals surface area contributed by atoms with Gasteiger partial charge >= 0.3 is 0 Å². The van der Waals surface area contributed by atoms with Gasteiger partial charge in [-0.1, -0.05) is 19.9 Å². The van der Waals surface area contributed by atoms with Crippen molar-refractivity contribution in [1.82, 2.24) is 9.88 Å². The van der Waals surface area contributed by atoms with Crippen molar-refractivity contribution in [3.8, 4) is 0 Å². The topological polar surface area (TPSA) is 59.2 Å². The molecule has 0 spiro atoms. The summed E-state index contributed by atoms with van der Waals surface area (Å²) in [5.41, 5.74) is 6.98. The Hall–Kier alpha value is -1.42. The lowest BCUT2D eigenvalue weighted by atomic mass is 9.93. The second-order valence-corrected chi connectivity index (χ2v) is 6.47. The highest BCUT2D eigenvalue weighted by Crippen LogP contribution is 2.32. The molecule has 2 rings (SSSR count). The molecule has 4 nitrogen and oxygen atoms in total. The first-order valence-corrected chi connectivity index (χ1v) is 8.01. The van der Waals surface area contributed by atoms with E-state index in [0.29, 0.717) is 24.8 Å². The van der Waals surface area contributed by atoms with E-state index < -0.39 is 0 Å². The van der Waals surface area contributed by atoms with Crippen LogP contribution in [0.1, 0.15) is 51.1 Å². The predicted octanol–water partition coefficient (Wildman–Crippen LogP) is 2.76. The fourth-order valence-corrected chi connectivity index (χ4v) is 3.28. The van der Waals surface area contributed by atoms with Crippen molar-refractivity contribution in [2.45, 2.75) is 45.6 Å². The van der Waals surface area contributed by atoms with Crippen LogP contribution in [0.15, 0.2) is 24.5 Å². The van der Waals surface area contributed by atoms with Crippen LogP contribution >= 0.6 is 0 Å². The molecule has 2 heterocycles. The molecule has 4 heteroatoms. The summed E-state index contributed by atoms with van der Waals surface area (Å²) in [6.07, 6.45) is 7.36. The quantitative estimate of drug-likeness (QED) is 0.876. The monoisotopic (exact) mass is 289 g/mol. The van der Waals surface area contributed by atoms with Gasteiger partial charge in [-0.3, -0.25) is 9.78 Å². The van der Waals surface area contributed by atoms with E-state index in [9.17, 15) is 4.79 Å². The summed E-state index contributed by atoms with van der Waals surface area (Å²) in [6.45, 7) is 5.82. The van der Waals surface area contributed by atoms with Crippen LogP contribution in [0.25, 0.3) is 0 Å². The van der Waals surface area contributed by atoms with Crippen molar-refractivity contribution in [2.75, 3.05) is 13.1 Å². The SMILES string of the molecule is CC(C)CC(CN)CC(=O)N1CCCC1c1cccnc1. The minimum Gasteiger partial charge on any atom is -0.336 e. The number of carbonyl (C=O) groups is 1. The highest BCUT2D eigenvalue weighted by Gasteiger charge is 2.30. The summed E-state index contributed by atoms with van der Waals surface area (Å²) in [6, 6.07) is 4.21. The Kier molecular flexibility index (Phi) is 5.74. The molecule has 21 heavy (non-hydrogen) atoms. The van der Waals surface area contributed by atoms with Gasteiger partial charge in [0.25, 0.3) is 0 Å². The van der Waals surface area contributed by atoms with Crippen molar-refractivity contribution in [2.24, 2.45) is 17.6 Å². The van der Waals surface area contributed by atoms with E-state index in [0.717, 1.165) is 31.4 Å². The highest BCUT2D eigenvalue weighted by molar-refractivity contribution is 5.77.